The highest BCUT2D eigenvalue weighted by Crippen LogP contribution is 2.26. The van der Waals surface area contributed by atoms with Gasteiger partial charge < -0.3 is 0 Å². The molecule has 1 aliphatic rings. The SMILES string of the molecule is C=CC1=CC=C(c2ccc(C)cc2)CC1.CC.CC.CC. The van der Waals surface area contributed by atoms with Crippen LogP contribution in [-0.4, -0.2) is 0 Å². The summed E-state index contributed by atoms with van der Waals surface area (Å²) in [6.07, 6.45) is 8.57. The molecule has 0 spiro atoms. The lowest BCUT2D eigenvalue weighted by Gasteiger charge is -2.12. The lowest BCUT2D eigenvalue weighted by molar-refractivity contribution is 1.01. The van der Waals surface area contributed by atoms with Crippen molar-refractivity contribution < 1.29 is 0 Å². The molecule has 0 heterocycles. The first-order valence-corrected chi connectivity index (χ1v) is 8.39. The number of rotatable bonds is 2. The van der Waals surface area contributed by atoms with Gasteiger partial charge in [0.15, 0.2) is 0 Å². The Balaban J connectivity index is 0. The maximum Gasteiger partial charge on any atom is -0.0224 e. The number of allylic oxidation sites excluding steroid dienone is 5. The van der Waals surface area contributed by atoms with Crippen LogP contribution in [-0.2, 0) is 0 Å². The molecule has 0 radical (unpaired) electrons. The molecule has 2 rings (SSSR count). The van der Waals surface area contributed by atoms with E-state index in [2.05, 4.69) is 49.9 Å². The van der Waals surface area contributed by atoms with Crippen molar-refractivity contribution in [2.75, 3.05) is 0 Å². The highest BCUT2D eigenvalue weighted by molar-refractivity contribution is 5.69. The van der Waals surface area contributed by atoms with Crippen molar-refractivity contribution in [3.05, 3.63) is 65.8 Å². The molecule has 0 heteroatoms. The molecule has 1 aromatic rings. The third-order valence-corrected chi connectivity index (χ3v) is 2.87. The zero-order chi connectivity index (χ0) is 16.7. The smallest absolute Gasteiger partial charge is 0.0224 e. The molecule has 0 N–H and O–H groups in total. The van der Waals surface area contributed by atoms with E-state index >= 15 is 0 Å². The lowest BCUT2D eigenvalue weighted by Crippen LogP contribution is -1.91. The summed E-state index contributed by atoms with van der Waals surface area (Å²) in [4.78, 5) is 0. The highest BCUT2D eigenvalue weighted by atomic mass is 14.1. The average Bonchev–Trinajstić information content (AvgIpc) is 2.61. The van der Waals surface area contributed by atoms with Crippen molar-refractivity contribution in [3.8, 4) is 0 Å². The standard InChI is InChI=1S/C15H16.3C2H6/c1-3-13-6-10-15(11-7-13)14-8-4-12(2)5-9-14;3*1-2/h3-6,8-10H,1,7,11H2,2H3;3*1-2H3. The van der Waals surface area contributed by atoms with E-state index in [1.54, 1.807) is 0 Å². The zero-order valence-corrected chi connectivity index (χ0v) is 15.2. The summed E-state index contributed by atoms with van der Waals surface area (Å²) in [6.45, 7) is 17.9. The van der Waals surface area contributed by atoms with E-state index < -0.39 is 0 Å². The number of aryl methyl sites for hydroxylation is 1. The summed E-state index contributed by atoms with van der Waals surface area (Å²) in [5.74, 6) is 0. The van der Waals surface area contributed by atoms with Crippen molar-refractivity contribution in [1.29, 1.82) is 0 Å². The van der Waals surface area contributed by atoms with Gasteiger partial charge >= 0.3 is 0 Å². The van der Waals surface area contributed by atoms with Crippen LogP contribution in [0.15, 0.2) is 54.6 Å². The summed E-state index contributed by atoms with van der Waals surface area (Å²) in [5, 5.41) is 0. The van der Waals surface area contributed by atoms with Crippen molar-refractivity contribution in [1.82, 2.24) is 0 Å². The largest absolute Gasteiger partial charge is 0.0988 e. The first kappa shape index (κ1) is 21.7. The molecule has 0 aliphatic heterocycles. The monoisotopic (exact) mass is 286 g/mol. The minimum Gasteiger partial charge on any atom is -0.0988 e. The molecule has 1 aliphatic carbocycles. The van der Waals surface area contributed by atoms with E-state index in [0.717, 1.165) is 12.8 Å². The minimum absolute atomic E-state index is 1.11. The number of hydrogen-bond acceptors (Lipinski definition) is 0. The van der Waals surface area contributed by atoms with E-state index in [0.29, 0.717) is 0 Å². The van der Waals surface area contributed by atoms with E-state index in [-0.39, 0.29) is 0 Å². The average molecular weight is 287 g/mol. The summed E-state index contributed by atoms with van der Waals surface area (Å²) >= 11 is 0. The highest BCUT2D eigenvalue weighted by Gasteiger charge is 2.05. The van der Waals surface area contributed by atoms with Crippen molar-refractivity contribution >= 4 is 5.57 Å². The second kappa shape index (κ2) is 14.8. The van der Waals surface area contributed by atoms with Gasteiger partial charge in [0.25, 0.3) is 0 Å². The van der Waals surface area contributed by atoms with Crippen LogP contribution in [0.25, 0.3) is 5.57 Å². The molecule has 0 fully saturated rings. The van der Waals surface area contributed by atoms with Gasteiger partial charge in [0, 0.05) is 0 Å². The molecule has 0 bridgehead atoms. The van der Waals surface area contributed by atoms with Gasteiger partial charge in [-0.2, -0.15) is 0 Å². The van der Waals surface area contributed by atoms with Crippen LogP contribution in [0.1, 0.15) is 65.5 Å². The van der Waals surface area contributed by atoms with Gasteiger partial charge in [-0.25, -0.2) is 0 Å². The molecule has 0 aromatic heterocycles. The van der Waals surface area contributed by atoms with E-state index in [1.165, 1.54) is 22.3 Å². The predicted octanol–water partition coefficient (Wildman–Crippen LogP) is 7.36. The maximum absolute atomic E-state index is 3.80. The number of benzene rings is 1. The third kappa shape index (κ3) is 8.34. The molecule has 0 saturated carbocycles. The molecular formula is C21H34. The van der Waals surface area contributed by atoms with Gasteiger partial charge in [-0.3, -0.25) is 0 Å². The first-order chi connectivity index (χ1) is 10.3. The molecule has 1 aromatic carbocycles. The van der Waals surface area contributed by atoms with E-state index in [9.17, 15) is 0 Å². The molecule has 0 nitrogen and oxygen atoms in total. The van der Waals surface area contributed by atoms with Gasteiger partial charge in [0.1, 0.15) is 0 Å². The fourth-order valence-corrected chi connectivity index (χ4v) is 1.83. The van der Waals surface area contributed by atoms with Crippen LogP contribution in [0, 0.1) is 6.92 Å². The lowest BCUT2D eigenvalue weighted by atomic mass is 9.93. The van der Waals surface area contributed by atoms with Gasteiger partial charge in [-0.15, -0.1) is 0 Å². The summed E-state index contributed by atoms with van der Waals surface area (Å²) in [5.41, 5.74) is 5.43. The van der Waals surface area contributed by atoms with Crippen LogP contribution in [0.2, 0.25) is 0 Å². The first-order valence-electron chi connectivity index (χ1n) is 8.39. The van der Waals surface area contributed by atoms with Crippen molar-refractivity contribution in [2.45, 2.75) is 61.3 Å². The molecule has 0 unspecified atom stereocenters. The molecule has 0 atom stereocenters. The van der Waals surface area contributed by atoms with E-state index in [1.807, 2.05) is 47.6 Å². The Morgan fingerprint density at radius 3 is 1.71 bits per heavy atom. The molecule has 21 heavy (non-hydrogen) atoms. The second-order valence-corrected chi connectivity index (χ2v) is 4.00. The molecule has 0 amide bonds. The Bertz CT molecular complexity index is 416. The Morgan fingerprint density at radius 2 is 1.33 bits per heavy atom. The molecule has 118 valence electrons. The van der Waals surface area contributed by atoms with Crippen LogP contribution in [0.5, 0.6) is 0 Å². The fraction of sp³-hybridized carbons (Fsp3) is 0.429. The topological polar surface area (TPSA) is 0 Å². The maximum atomic E-state index is 3.80. The summed E-state index contributed by atoms with van der Waals surface area (Å²) in [6, 6.07) is 8.74. The Kier molecular flexibility index (Phi) is 15.4. The van der Waals surface area contributed by atoms with Crippen molar-refractivity contribution in [2.24, 2.45) is 0 Å². The quantitative estimate of drug-likeness (QED) is 0.532. The Morgan fingerprint density at radius 1 is 0.810 bits per heavy atom. The van der Waals surface area contributed by atoms with Gasteiger partial charge in [-0.1, -0.05) is 96.2 Å². The minimum atomic E-state index is 1.11. The van der Waals surface area contributed by atoms with Crippen molar-refractivity contribution in [3.63, 3.8) is 0 Å². The van der Waals surface area contributed by atoms with Gasteiger partial charge in [0.2, 0.25) is 0 Å². The summed E-state index contributed by atoms with van der Waals surface area (Å²) in [7, 11) is 0. The van der Waals surface area contributed by atoms with Crippen LogP contribution < -0.4 is 0 Å². The van der Waals surface area contributed by atoms with Crippen LogP contribution in [0.3, 0.4) is 0 Å². The van der Waals surface area contributed by atoms with Gasteiger partial charge in [0.05, 0.1) is 0 Å². The summed E-state index contributed by atoms with van der Waals surface area (Å²) < 4.78 is 0. The molecule has 0 saturated heterocycles. The van der Waals surface area contributed by atoms with Crippen LogP contribution >= 0.6 is 0 Å². The third-order valence-electron chi connectivity index (χ3n) is 2.87. The Labute approximate surface area is 133 Å². The fourth-order valence-electron chi connectivity index (χ4n) is 1.83. The van der Waals surface area contributed by atoms with Crippen LogP contribution in [0.4, 0.5) is 0 Å². The second-order valence-electron chi connectivity index (χ2n) is 4.00. The number of hydrogen-bond donors (Lipinski definition) is 0. The Hall–Kier alpha value is -1.56. The zero-order valence-electron chi connectivity index (χ0n) is 15.2. The van der Waals surface area contributed by atoms with E-state index in [4.69, 9.17) is 0 Å². The molecular weight excluding hydrogens is 252 g/mol. The normalized spacial score (nSPS) is 12.0. The predicted molar refractivity (Wildman–Crippen MR) is 101 cm³/mol. The van der Waals surface area contributed by atoms with Gasteiger partial charge in [-0.05, 0) is 36.5 Å².